The number of rotatable bonds is 17. The number of aromatic hydroxyl groups is 1. The third kappa shape index (κ3) is 18.2. The van der Waals surface area contributed by atoms with Crippen LogP contribution in [0, 0.1) is 11.8 Å². The number of benzene rings is 1. The van der Waals surface area contributed by atoms with E-state index >= 15 is 0 Å². The van der Waals surface area contributed by atoms with Crippen LogP contribution in [-0.2, 0) is 59.2 Å². The number of phenolic OH excluding ortho intramolecular Hbond substituents is 1. The molecule has 0 bridgehead atoms. The van der Waals surface area contributed by atoms with Crippen molar-refractivity contribution in [3.8, 4) is 5.75 Å². The van der Waals surface area contributed by atoms with Gasteiger partial charge >= 0.3 is 0 Å². The summed E-state index contributed by atoms with van der Waals surface area (Å²) in [5, 5.41) is 25.3. The number of nitrogens with one attached hydrogen (secondary N) is 6. The Hall–Kier alpha value is -6.46. The molecule has 0 radical (unpaired) electrons. The molecular weight excluding hydrogens is 919 g/mol. The van der Waals surface area contributed by atoms with E-state index < -0.39 is 133 Å². The molecule has 1 aromatic rings. The van der Waals surface area contributed by atoms with Crippen LogP contribution in [0.2, 0.25) is 0 Å². The minimum absolute atomic E-state index is 0.0112. The molecule has 13 N–H and O–H groups in total. The van der Waals surface area contributed by atoms with Crippen molar-refractivity contribution in [3.63, 3.8) is 0 Å². The summed E-state index contributed by atoms with van der Waals surface area (Å²) in [5.74, 6) is -9.21. The van der Waals surface area contributed by atoms with Crippen LogP contribution in [0.25, 0.3) is 0 Å². The Bertz CT molecular complexity index is 2040. The molecule has 0 aliphatic carbocycles. The van der Waals surface area contributed by atoms with E-state index in [9.17, 15) is 57.8 Å². The molecule has 2 fully saturated rings. The van der Waals surface area contributed by atoms with Crippen molar-refractivity contribution in [1.29, 1.82) is 0 Å². The summed E-state index contributed by atoms with van der Waals surface area (Å²) in [5.41, 5.74) is 16.7. The summed E-state index contributed by atoms with van der Waals surface area (Å²) in [4.78, 5) is 150. The molecule has 69 heavy (non-hydrogen) atoms. The number of carbonyl (C=O) groups is 11. The van der Waals surface area contributed by atoms with E-state index in [1.54, 1.807) is 26.0 Å². The fourth-order valence-corrected chi connectivity index (χ4v) is 8.78. The number of hydrogen-bond acceptors (Lipinski definition) is 13. The van der Waals surface area contributed by atoms with E-state index in [1.165, 1.54) is 40.7 Å². The van der Waals surface area contributed by atoms with Gasteiger partial charge in [0.05, 0.1) is 13.0 Å². The van der Waals surface area contributed by atoms with Gasteiger partial charge in [-0.25, -0.2) is 0 Å². The molecule has 382 valence electrons. The van der Waals surface area contributed by atoms with Crippen molar-refractivity contribution in [3.05, 3.63) is 29.8 Å². The minimum atomic E-state index is -1.72. The lowest BCUT2D eigenvalue weighted by Gasteiger charge is -2.32. The molecule has 24 heteroatoms. The number of nitrogens with zero attached hydrogens (tertiary/aromatic N) is 2. The second-order valence-electron chi connectivity index (χ2n) is 17.9. The number of nitrogens with two attached hydrogens (primary N) is 3. The molecule has 0 aromatic heterocycles. The molecule has 23 nitrogen and oxygen atoms in total. The first-order valence-electron chi connectivity index (χ1n) is 23.1. The molecule has 1 unspecified atom stereocenters. The number of amides is 11. The van der Waals surface area contributed by atoms with Crippen LogP contribution in [-0.4, -0.2) is 154 Å². The zero-order valence-electron chi connectivity index (χ0n) is 39.9. The topological polar surface area (TPSA) is 365 Å². The number of likely N-dealkylation sites (N-methyl/N-ethyl adjacent to an activating group) is 1. The Labute approximate surface area is 405 Å². The maximum atomic E-state index is 14.5. The van der Waals surface area contributed by atoms with Gasteiger partial charge in [-0.1, -0.05) is 46.2 Å². The third-order valence-electron chi connectivity index (χ3n) is 11.9. The standard InChI is InChI=1S/C45H69N11O12S/c1-6-25(4)38-44(67)50-28(15-16-34(46)58)40(63)51-30(21-35(47)59)41(64)53-31(23-69-18-8-10-37(61)55(5)33(43(66)54-38)20-26-11-13-27(57)14-12-26)45(68)56-17-7-9-32(56)42(65)52-29(19-24(2)3)39(62)49-22-36(48)60/h11-14,24-25,28-33,38,57H,6-10,15-23H2,1-5H3,(H2,46,58)(H2,47,59)(H2,48,60)(H,49,62)(H,50,67)(H,51,63)(H,52,65)(H,53,64)(H,54,66)/t25-,28?,29-,30-,31-,32-,33-,38-/m0/s1. The third-order valence-corrected chi connectivity index (χ3v) is 13.0. The Morgan fingerprint density at radius 1 is 0.841 bits per heavy atom. The molecule has 2 aliphatic rings. The predicted molar refractivity (Wildman–Crippen MR) is 253 cm³/mol. The second kappa shape index (κ2) is 27.5. The maximum Gasteiger partial charge on any atom is 0.246 e. The van der Waals surface area contributed by atoms with Crippen LogP contribution < -0.4 is 49.1 Å². The number of likely N-dealkylation sites (tertiary alicyclic amines) is 1. The Balaban J connectivity index is 2.05. The first-order valence-corrected chi connectivity index (χ1v) is 24.2. The van der Waals surface area contributed by atoms with Gasteiger partial charge in [0.1, 0.15) is 48.0 Å². The normalized spacial score (nSPS) is 23.4. The lowest BCUT2D eigenvalue weighted by atomic mass is 9.96. The molecule has 3 rings (SSSR count). The minimum Gasteiger partial charge on any atom is -0.508 e. The fraction of sp³-hybridized carbons (Fsp3) is 0.622. The zero-order valence-corrected chi connectivity index (χ0v) is 40.7. The smallest absolute Gasteiger partial charge is 0.246 e. The SMILES string of the molecule is CC[C@H](C)[C@@H]1NC(=O)[C@H](Cc2ccc(O)cc2)N(C)C(=O)CCCSC[C@@H](C(=O)N2CCC[C@H]2C(=O)N[C@@H](CC(C)C)C(=O)NCC(N)=O)NC(=O)[C@H](CC(N)=O)NC(=O)C(CCC(N)=O)NC1=O. The van der Waals surface area contributed by atoms with Crippen LogP contribution in [0.15, 0.2) is 24.3 Å². The van der Waals surface area contributed by atoms with Crippen molar-refractivity contribution in [1.82, 2.24) is 41.7 Å². The Kier molecular flexibility index (Phi) is 22.7. The first kappa shape index (κ1) is 56.9. The molecule has 0 saturated carbocycles. The maximum absolute atomic E-state index is 14.5. The average molecular weight is 988 g/mol. The van der Waals surface area contributed by atoms with Gasteiger partial charge in [0.2, 0.25) is 65.0 Å². The van der Waals surface area contributed by atoms with Crippen LogP contribution in [0.3, 0.4) is 0 Å². The largest absolute Gasteiger partial charge is 0.508 e. The van der Waals surface area contributed by atoms with Gasteiger partial charge in [0.15, 0.2) is 0 Å². The number of hydrogen-bond donors (Lipinski definition) is 10. The highest BCUT2D eigenvalue weighted by atomic mass is 32.2. The van der Waals surface area contributed by atoms with E-state index in [-0.39, 0.29) is 68.2 Å². The van der Waals surface area contributed by atoms with Crippen LogP contribution in [0.4, 0.5) is 0 Å². The van der Waals surface area contributed by atoms with E-state index in [2.05, 4.69) is 31.9 Å². The first-order chi connectivity index (χ1) is 32.5. The van der Waals surface area contributed by atoms with Crippen molar-refractivity contribution >= 4 is 76.7 Å². The van der Waals surface area contributed by atoms with Crippen molar-refractivity contribution in [2.24, 2.45) is 29.0 Å². The molecule has 11 amide bonds. The fourth-order valence-electron chi connectivity index (χ4n) is 7.81. The molecule has 2 aliphatic heterocycles. The summed E-state index contributed by atoms with van der Waals surface area (Å²) >= 11 is 1.18. The highest BCUT2D eigenvalue weighted by Gasteiger charge is 2.41. The number of primary amides is 3. The second-order valence-corrected chi connectivity index (χ2v) is 19.0. The van der Waals surface area contributed by atoms with E-state index in [0.29, 0.717) is 18.4 Å². The molecule has 8 atom stereocenters. The lowest BCUT2D eigenvalue weighted by Crippen LogP contribution is -2.61. The number of phenols is 1. The molecule has 0 spiro atoms. The zero-order chi connectivity index (χ0) is 51.5. The molecule has 2 saturated heterocycles. The molecular formula is C45H69N11O12S. The van der Waals surface area contributed by atoms with Gasteiger partial charge in [-0.15, -0.1) is 0 Å². The number of thioether (sulfide) groups is 1. The van der Waals surface area contributed by atoms with Crippen LogP contribution in [0.1, 0.15) is 91.0 Å². The summed E-state index contributed by atoms with van der Waals surface area (Å²) in [6.07, 6.45) is -0.264. The predicted octanol–water partition coefficient (Wildman–Crippen LogP) is -2.46. The van der Waals surface area contributed by atoms with Crippen LogP contribution in [0.5, 0.6) is 5.75 Å². The van der Waals surface area contributed by atoms with Crippen molar-refractivity contribution in [2.75, 3.05) is 31.6 Å². The van der Waals surface area contributed by atoms with Gasteiger partial charge in [0, 0.05) is 38.6 Å². The average Bonchev–Trinajstić information content (AvgIpc) is 3.79. The van der Waals surface area contributed by atoms with Gasteiger partial charge < -0.3 is 64.0 Å². The van der Waals surface area contributed by atoms with E-state index in [4.69, 9.17) is 17.2 Å². The Morgan fingerprint density at radius 3 is 2.10 bits per heavy atom. The monoisotopic (exact) mass is 987 g/mol. The van der Waals surface area contributed by atoms with Gasteiger partial charge in [-0.2, -0.15) is 11.8 Å². The summed E-state index contributed by atoms with van der Waals surface area (Å²) in [7, 11) is 1.45. The molecule has 1 aromatic carbocycles. The van der Waals surface area contributed by atoms with Crippen LogP contribution >= 0.6 is 11.8 Å². The van der Waals surface area contributed by atoms with Gasteiger partial charge in [-0.3, -0.25) is 52.7 Å². The molecule has 2 heterocycles. The quantitative estimate of drug-likeness (QED) is 0.0776. The summed E-state index contributed by atoms with van der Waals surface area (Å²) < 4.78 is 0. The highest BCUT2D eigenvalue weighted by Crippen LogP contribution is 2.22. The van der Waals surface area contributed by atoms with Gasteiger partial charge in [-0.05, 0) is 67.4 Å². The summed E-state index contributed by atoms with van der Waals surface area (Å²) in [6, 6.07) is -3.25. The van der Waals surface area contributed by atoms with Gasteiger partial charge in [0.25, 0.3) is 0 Å². The summed E-state index contributed by atoms with van der Waals surface area (Å²) in [6.45, 7) is 6.72. The van der Waals surface area contributed by atoms with Crippen molar-refractivity contribution in [2.45, 2.75) is 134 Å². The highest BCUT2D eigenvalue weighted by molar-refractivity contribution is 7.99. The lowest BCUT2D eigenvalue weighted by molar-refractivity contribution is -0.142. The van der Waals surface area contributed by atoms with E-state index in [1.807, 2.05) is 13.8 Å². The number of carbonyl (C=O) groups excluding carboxylic acids is 11. The Morgan fingerprint density at radius 2 is 1.49 bits per heavy atom. The van der Waals surface area contributed by atoms with E-state index in [0.717, 1.165) is 0 Å². The van der Waals surface area contributed by atoms with Crippen molar-refractivity contribution < 1.29 is 57.8 Å².